The van der Waals surface area contributed by atoms with Gasteiger partial charge in [0.05, 0.1) is 20.3 Å². The average Bonchev–Trinajstić information content (AvgIpc) is 2.28. The number of aromatic nitrogens is 2. The Labute approximate surface area is 95.2 Å². The van der Waals surface area contributed by atoms with Crippen LogP contribution in [0.4, 0.5) is 5.95 Å². The Morgan fingerprint density at radius 1 is 1.38 bits per heavy atom. The van der Waals surface area contributed by atoms with Crippen LogP contribution in [0.3, 0.4) is 0 Å². The largest absolute Gasteiger partial charge is 0.481 e. The lowest BCUT2D eigenvalue weighted by Gasteiger charge is -2.12. The van der Waals surface area contributed by atoms with E-state index in [1.54, 1.807) is 6.07 Å². The molecule has 1 heterocycles. The molecule has 1 aromatic heterocycles. The summed E-state index contributed by atoms with van der Waals surface area (Å²) in [6.45, 7) is 1.95. The van der Waals surface area contributed by atoms with Crippen LogP contribution in [0.25, 0.3) is 0 Å². The molecule has 1 rings (SSSR count). The van der Waals surface area contributed by atoms with E-state index in [-0.39, 0.29) is 6.04 Å². The van der Waals surface area contributed by atoms with Gasteiger partial charge in [0.15, 0.2) is 0 Å². The number of nitrogens with zero attached hydrogens (tertiary/aromatic N) is 2. The molecule has 0 bridgehead atoms. The molecule has 1 unspecified atom stereocenters. The summed E-state index contributed by atoms with van der Waals surface area (Å²) in [6, 6.07) is 1.71. The molecule has 0 saturated heterocycles. The van der Waals surface area contributed by atoms with Gasteiger partial charge in [0.1, 0.15) is 0 Å². The number of ether oxygens (including phenoxy) is 2. The maximum Gasteiger partial charge on any atom is 0.229 e. The second-order valence-corrected chi connectivity index (χ2v) is 3.23. The highest BCUT2D eigenvalue weighted by Crippen LogP contribution is 2.17. The predicted molar refractivity (Wildman–Crippen MR) is 61.7 cm³/mol. The minimum Gasteiger partial charge on any atom is -0.481 e. The average molecular weight is 221 g/mol. The molecule has 1 aromatic rings. The molecule has 0 aliphatic carbocycles. The third-order valence-corrected chi connectivity index (χ3v) is 1.90. The molecule has 0 aliphatic rings. The molecular weight excluding hydrogens is 206 g/mol. The van der Waals surface area contributed by atoms with Crippen LogP contribution in [0.2, 0.25) is 0 Å². The van der Waals surface area contributed by atoms with E-state index in [1.807, 2.05) is 6.92 Å². The van der Waals surface area contributed by atoms with Crippen molar-refractivity contribution in [1.82, 2.24) is 9.97 Å². The lowest BCUT2D eigenvalue weighted by molar-refractivity contribution is 0.372. The lowest BCUT2D eigenvalue weighted by atomic mass is 10.2. The summed E-state index contributed by atoms with van der Waals surface area (Å²) in [6.07, 6.45) is 5.82. The van der Waals surface area contributed by atoms with Crippen LogP contribution < -0.4 is 14.8 Å². The lowest BCUT2D eigenvalue weighted by Crippen LogP contribution is -2.16. The number of hydrogen-bond donors (Lipinski definition) is 1. The fourth-order valence-corrected chi connectivity index (χ4v) is 1.13. The fraction of sp³-hybridized carbons (Fsp3) is 0.455. The molecule has 0 radical (unpaired) electrons. The van der Waals surface area contributed by atoms with Gasteiger partial charge in [-0.2, -0.15) is 9.97 Å². The van der Waals surface area contributed by atoms with Crippen LogP contribution in [0.5, 0.6) is 11.8 Å². The van der Waals surface area contributed by atoms with Crippen molar-refractivity contribution in [2.75, 3.05) is 19.5 Å². The van der Waals surface area contributed by atoms with Crippen molar-refractivity contribution in [2.24, 2.45) is 0 Å². The van der Waals surface area contributed by atoms with Crippen molar-refractivity contribution in [3.05, 3.63) is 6.07 Å². The summed E-state index contributed by atoms with van der Waals surface area (Å²) in [7, 11) is 3.08. The minimum atomic E-state index is 0.0989. The third-order valence-electron chi connectivity index (χ3n) is 1.90. The van der Waals surface area contributed by atoms with Crippen molar-refractivity contribution in [3.63, 3.8) is 0 Å². The zero-order chi connectivity index (χ0) is 12.0. The van der Waals surface area contributed by atoms with Crippen molar-refractivity contribution in [3.8, 4) is 24.1 Å². The first kappa shape index (κ1) is 12.1. The number of nitrogens with one attached hydrogen (secondary N) is 1. The second kappa shape index (κ2) is 5.81. The highest BCUT2D eigenvalue weighted by Gasteiger charge is 2.07. The first-order valence-electron chi connectivity index (χ1n) is 4.86. The van der Waals surface area contributed by atoms with Gasteiger partial charge in [0, 0.05) is 12.5 Å². The Morgan fingerprint density at radius 3 is 2.38 bits per heavy atom. The topological polar surface area (TPSA) is 56.3 Å². The van der Waals surface area contributed by atoms with E-state index in [1.165, 1.54) is 14.2 Å². The van der Waals surface area contributed by atoms with Crippen molar-refractivity contribution >= 4 is 5.95 Å². The second-order valence-electron chi connectivity index (χ2n) is 3.23. The standard InChI is InChI=1S/C11H15N3O2/c1-5-6-8(2)12-11-13-9(15-3)7-10(14-11)16-4/h1,7-8H,6H2,2-4H3,(H,12,13,14). The van der Waals surface area contributed by atoms with Crippen LogP contribution in [0.15, 0.2) is 6.07 Å². The van der Waals surface area contributed by atoms with E-state index in [0.29, 0.717) is 24.1 Å². The zero-order valence-electron chi connectivity index (χ0n) is 9.65. The van der Waals surface area contributed by atoms with Gasteiger partial charge < -0.3 is 14.8 Å². The summed E-state index contributed by atoms with van der Waals surface area (Å²) in [4.78, 5) is 8.26. The molecule has 0 aromatic carbocycles. The Hall–Kier alpha value is -1.96. The summed E-state index contributed by atoms with van der Waals surface area (Å²) in [5.74, 6) is 3.90. The molecular formula is C11H15N3O2. The molecule has 0 spiro atoms. The van der Waals surface area contributed by atoms with Crippen molar-refractivity contribution in [2.45, 2.75) is 19.4 Å². The molecule has 0 aliphatic heterocycles. The molecule has 1 N–H and O–H groups in total. The first-order valence-corrected chi connectivity index (χ1v) is 4.86. The molecule has 0 fully saturated rings. The molecule has 0 amide bonds. The number of anilines is 1. The van der Waals surface area contributed by atoms with Gasteiger partial charge in [-0.15, -0.1) is 12.3 Å². The van der Waals surface area contributed by atoms with E-state index in [9.17, 15) is 0 Å². The predicted octanol–water partition coefficient (Wildman–Crippen LogP) is 1.32. The Kier molecular flexibility index (Phi) is 4.40. The summed E-state index contributed by atoms with van der Waals surface area (Å²) >= 11 is 0. The first-order chi connectivity index (χ1) is 7.69. The smallest absolute Gasteiger partial charge is 0.229 e. The van der Waals surface area contributed by atoms with Crippen LogP contribution in [0.1, 0.15) is 13.3 Å². The van der Waals surface area contributed by atoms with Gasteiger partial charge in [-0.1, -0.05) is 0 Å². The van der Waals surface area contributed by atoms with Gasteiger partial charge >= 0.3 is 0 Å². The van der Waals surface area contributed by atoms with Crippen LogP contribution in [0, 0.1) is 12.3 Å². The molecule has 86 valence electrons. The molecule has 5 heteroatoms. The van der Waals surface area contributed by atoms with Gasteiger partial charge in [-0.3, -0.25) is 0 Å². The van der Waals surface area contributed by atoms with Crippen LogP contribution >= 0.6 is 0 Å². The Balaban J connectivity index is 2.83. The molecule has 16 heavy (non-hydrogen) atoms. The summed E-state index contributed by atoms with van der Waals surface area (Å²) in [5.41, 5.74) is 0. The summed E-state index contributed by atoms with van der Waals surface area (Å²) in [5, 5.41) is 3.07. The number of hydrogen-bond acceptors (Lipinski definition) is 5. The number of methoxy groups -OCH3 is 2. The fourth-order valence-electron chi connectivity index (χ4n) is 1.13. The van der Waals surface area contributed by atoms with Gasteiger partial charge in [0.25, 0.3) is 0 Å². The Morgan fingerprint density at radius 2 is 1.94 bits per heavy atom. The highest BCUT2D eigenvalue weighted by atomic mass is 16.5. The minimum absolute atomic E-state index is 0.0989. The van der Waals surface area contributed by atoms with E-state index in [2.05, 4.69) is 21.2 Å². The van der Waals surface area contributed by atoms with E-state index in [4.69, 9.17) is 15.9 Å². The van der Waals surface area contributed by atoms with Crippen LogP contribution in [-0.4, -0.2) is 30.2 Å². The zero-order valence-corrected chi connectivity index (χ0v) is 9.65. The highest BCUT2D eigenvalue weighted by molar-refractivity contribution is 5.34. The molecule has 5 nitrogen and oxygen atoms in total. The SMILES string of the molecule is C#CCC(C)Nc1nc(OC)cc(OC)n1. The van der Waals surface area contributed by atoms with Crippen LogP contribution in [-0.2, 0) is 0 Å². The van der Waals surface area contributed by atoms with Gasteiger partial charge in [-0.05, 0) is 6.92 Å². The summed E-state index contributed by atoms with van der Waals surface area (Å²) < 4.78 is 10.1. The quantitative estimate of drug-likeness (QED) is 0.760. The van der Waals surface area contributed by atoms with Gasteiger partial charge in [-0.25, -0.2) is 0 Å². The normalized spacial score (nSPS) is 11.4. The number of rotatable bonds is 5. The third kappa shape index (κ3) is 3.31. The van der Waals surface area contributed by atoms with E-state index >= 15 is 0 Å². The molecule has 1 atom stereocenters. The van der Waals surface area contributed by atoms with Gasteiger partial charge in [0.2, 0.25) is 17.7 Å². The maximum absolute atomic E-state index is 5.22. The Bertz CT molecular complexity index is 365. The number of terminal acetylenes is 1. The van der Waals surface area contributed by atoms with E-state index < -0.39 is 0 Å². The van der Waals surface area contributed by atoms with E-state index in [0.717, 1.165) is 0 Å². The van der Waals surface area contributed by atoms with Crippen molar-refractivity contribution < 1.29 is 9.47 Å². The maximum atomic E-state index is 5.22. The van der Waals surface area contributed by atoms with Crippen molar-refractivity contribution in [1.29, 1.82) is 0 Å². The monoisotopic (exact) mass is 221 g/mol. The molecule has 0 saturated carbocycles.